The Bertz CT molecular complexity index is 944. The molecule has 0 nitrogen and oxygen atoms in total. The van der Waals surface area contributed by atoms with Gasteiger partial charge in [-0.25, -0.2) is 0 Å². The summed E-state index contributed by atoms with van der Waals surface area (Å²) in [5, 5.41) is 8.16. The van der Waals surface area contributed by atoms with Gasteiger partial charge in [0.1, 0.15) is 0 Å². The molecule has 0 aliphatic carbocycles. The molecule has 20 heavy (non-hydrogen) atoms. The molecule has 4 rings (SSSR count). The molecule has 0 aromatic heterocycles. The molecule has 0 aliphatic heterocycles. The van der Waals surface area contributed by atoms with E-state index in [-0.39, 0.29) is 0 Å². The van der Waals surface area contributed by atoms with Crippen LogP contribution in [0.15, 0.2) is 66.7 Å². The molecule has 0 heterocycles. The van der Waals surface area contributed by atoms with Crippen molar-refractivity contribution in [3.05, 3.63) is 72.3 Å². The summed E-state index contributed by atoms with van der Waals surface area (Å²) in [6.45, 7) is 6.18. The second-order valence-electron chi connectivity index (χ2n) is 5.72. The third-order valence-electron chi connectivity index (χ3n) is 4.09. The van der Waals surface area contributed by atoms with Crippen LogP contribution in [0.25, 0.3) is 32.3 Å². The van der Waals surface area contributed by atoms with Gasteiger partial charge in [-0.1, -0.05) is 66.7 Å². The lowest BCUT2D eigenvalue weighted by atomic mass is 9.90. The van der Waals surface area contributed by atoms with Gasteiger partial charge in [-0.3, -0.25) is 0 Å². The molecule has 96 valence electrons. The molecule has 0 atom stereocenters. The molecule has 0 saturated heterocycles. The predicted octanol–water partition coefficient (Wildman–Crippen LogP) is 5.70. The summed E-state index contributed by atoms with van der Waals surface area (Å²) in [6, 6.07) is 20.0. The number of hydrogen-bond donors (Lipinski definition) is 0. The van der Waals surface area contributed by atoms with E-state index >= 15 is 0 Å². The van der Waals surface area contributed by atoms with E-state index in [1.54, 1.807) is 0 Å². The first-order valence-corrected chi connectivity index (χ1v) is 7.04. The Morgan fingerprint density at radius 2 is 1.50 bits per heavy atom. The molecule has 4 aromatic rings. The zero-order valence-corrected chi connectivity index (χ0v) is 11.6. The number of rotatable bonds is 2. The molecule has 0 amide bonds. The topological polar surface area (TPSA) is 0 Å². The molecule has 0 spiro atoms. The molecular formula is C20H16. The highest BCUT2D eigenvalue weighted by Crippen LogP contribution is 2.36. The number of allylic oxidation sites excluding steroid dienone is 1. The van der Waals surface area contributed by atoms with Crippen LogP contribution in [0, 0.1) is 0 Å². The van der Waals surface area contributed by atoms with Gasteiger partial charge in [0.05, 0.1) is 0 Å². The van der Waals surface area contributed by atoms with Crippen LogP contribution in [0.4, 0.5) is 0 Å². The Hall–Kier alpha value is -2.34. The lowest BCUT2D eigenvalue weighted by molar-refractivity contribution is 1.18. The Morgan fingerprint density at radius 1 is 0.850 bits per heavy atom. The molecular weight excluding hydrogens is 240 g/mol. The molecule has 4 aromatic carbocycles. The highest BCUT2D eigenvalue weighted by molar-refractivity contribution is 6.23. The van der Waals surface area contributed by atoms with E-state index in [4.69, 9.17) is 0 Å². The van der Waals surface area contributed by atoms with Crippen molar-refractivity contribution in [2.75, 3.05) is 0 Å². The molecule has 0 unspecified atom stereocenters. The first-order chi connectivity index (χ1) is 9.74. The average Bonchev–Trinajstić information content (AvgIpc) is 2.45. The van der Waals surface area contributed by atoms with Crippen molar-refractivity contribution in [3.63, 3.8) is 0 Å². The van der Waals surface area contributed by atoms with Crippen LogP contribution in [0.3, 0.4) is 0 Å². The van der Waals surface area contributed by atoms with Crippen LogP contribution in [0.5, 0.6) is 0 Å². The van der Waals surface area contributed by atoms with E-state index in [2.05, 4.69) is 68.1 Å². The van der Waals surface area contributed by atoms with Crippen LogP contribution < -0.4 is 0 Å². The van der Waals surface area contributed by atoms with Gasteiger partial charge in [0, 0.05) is 0 Å². The summed E-state index contributed by atoms with van der Waals surface area (Å²) in [5.41, 5.74) is 2.59. The van der Waals surface area contributed by atoms with Crippen molar-refractivity contribution in [3.8, 4) is 0 Å². The molecule has 0 fully saturated rings. The fourth-order valence-electron chi connectivity index (χ4n) is 3.31. The van der Waals surface area contributed by atoms with Gasteiger partial charge in [-0.05, 0) is 51.2 Å². The molecule has 0 radical (unpaired) electrons. The number of hydrogen-bond acceptors (Lipinski definition) is 0. The van der Waals surface area contributed by atoms with Gasteiger partial charge >= 0.3 is 0 Å². The van der Waals surface area contributed by atoms with E-state index < -0.39 is 0 Å². The van der Waals surface area contributed by atoms with Crippen molar-refractivity contribution in [2.45, 2.75) is 13.3 Å². The quantitative estimate of drug-likeness (QED) is 0.318. The van der Waals surface area contributed by atoms with E-state index in [0.717, 1.165) is 6.42 Å². The summed E-state index contributed by atoms with van der Waals surface area (Å²) in [4.78, 5) is 0. The summed E-state index contributed by atoms with van der Waals surface area (Å²) in [7, 11) is 0. The van der Waals surface area contributed by atoms with Gasteiger partial charge in [-0.2, -0.15) is 0 Å². The maximum Gasteiger partial charge on any atom is -0.00239 e. The Labute approximate surface area is 118 Å². The van der Waals surface area contributed by atoms with Crippen LogP contribution in [-0.4, -0.2) is 0 Å². The van der Waals surface area contributed by atoms with Crippen molar-refractivity contribution in [1.82, 2.24) is 0 Å². The maximum atomic E-state index is 4.08. The largest absolute Gasteiger partial charge is 0.0998 e. The smallest absolute Gasteiger partial charge is 0.00239 e. The van der Waals surface area contributed by atoms with Crippen molar-refractivity contribution < 1.29 is 0 Å². The minimum absolute atomic E-state index is 0.948. The van der Waals surface area contributed by atoms with Gasteiger partial charge in [0.15, 0.2) is 0 Å². The Balaban J connectivity index is 2.27. The van der Waals surface area contributed by atoms with Crippen LogP contribution in [0.2, 0.25) is 0 Å². The lowest BCUT2D eigenvalue weighted by Crippen LogP contribution is -1.91. The Morgan fingerprint density at radius 3 is 2.25 bits per heavy atom. The third kappa shape index (κ3) is 1.55. The van der Waals surface area contributed by atoms with Crippen molar-refractivity contribution >= 4 is 32.3 Å². The highest BCUT2D eigenvalue weighted by atomic mass is 14.1. The summed E-state index contributed by atoms with van der Waals surface area (Å²) < 4.78 is 0. The second kappa shape index (κ2) is 4.08. The van der Waals surface area contributed by atoms with Crippen molar-refractivity contribution in [1.29, 1.82) is 0 Å². The summed E-state index contributed by atoms with van der Waals surface area (Å²) in [6.07, 6.45) is 0.948. The fourth-order valence-corrected chi connectivity index (χ4v) is 3.31. The molecule has 0 heteroatoms. The highest BCUT2D eigenvalue weighted by Gasteiger charge is 2.11. The summed E-state index contributed by atoms with van der Waals surface area (Å²) >= 11 is 0. The van der Waals surface area contributed by atoms with Crippen molar-refractivity contribution in [2.24, 2.45) is 0 Å². The molecule has 0 N–H and O–H groups in total. The van der Waals surface area contributed by atoms with Gasteiger partial charge in [0.25, 0.3) is 0 Å². The lowest BCUT2D eigenvalue weighted by Gasteiger charge is -2.14. The molecule has 0 saturated carbocycles. The third-order valence-corrected chi connectivity index (χ3v) is 4.09. The van der Waals surface area contributed by atoms with Crippen LogP contribution >= 0.6 is 0 Å². The zero-order chi connectivity index (χ0) is 13.7. The SMILES string of the molecule is C=C(C)Cc1cc2cccc3ccc4cccc1c4c32. The molecule has 0 bridgehead atoms. The van der Waals surface area contributed by atoms with E-state index in [1.165, 1.54) is 43.5 Å². The minimum Gasteiger partial charge on any atom is -0.0998 e. The normalized spacial score (nSPS) is 11.7. The van der Waals surface area contributed by atoms with Gasteiger partial charge in [-0.15, -0.1) is 0 Å². The standard InChI is InChI=1S/C20H16/c1-13(2)11-17-12-16-7-3-5-14-9-10-15-6-4-8-18(17)20(15)19(14)16/h3-10,12H,1,11H2,2H3. The van der Waals surface area contributed by atoms with E-state index in [0.29, 0.717) is 0 Å². The zero-order valence-electron chi connectivity index (χ0n) is 11.6. The average molecular weight is 256 g/mol. The Kier molecular flexibility index (Phi) is 2.34. The summed E-state index contributed by atoms with van der Waals surface area (Å²) in [5.74, 6) is 0. The van der Waals surface area contributed by atoms with Crippen LogP contribution in [-0.2, 0) is 6.42 Å². The number of benzene rings is 4. The first kappa shape index (κ1) is 11.5. The fraction of sp³-hybridized carbons (Fsp3) is 0.100. The maximum absolute atomic E-state index is 4.08. The monoisotopic (exact) mass is 256 g/mol. The minimum atomic E-state index is 0.948. The first-order valence-electron chi connectivity index (χ1n) is 7.04. The second-order valence-corrected chi connectivity index (χ2v) is 5.72. The van der Waals surface area contributed by atoms with E-state index in [1.807, 2.05) is 0 Å². The van der Waals surface area contributed by atoms with Gasteiger partial charge in [0.2, 0.25) is 0 Å². The molecule has 0 aliphatic rings. The van der Waals surface area contributed by atoms with E-state index in [9.17, 15) is 0 Å². The predicted molar refractivity (Wildman–Crippen MR) is 88.7 cm³/mol. The van der Waals surface area contributed by atoms with Crippen LogP contribution in [0.1, 0.15) is 12.5 Å². The van der Waals surface area contributed by atoms with Gasteiger partial charge < -0.3 is 0 Å².